The van der Waals surface area contributed by atoms with Gasteiger partial charge in [0.2, 0.25) is 17.7 Å². The van der Waals surface area contributed by atoms with Crippen molar-refractivity contribution in [1.29, 1.82) is 0 Å². The molecule has 6 atom stereocenters. The Balaban J connectivity index is 0.000000239. The van der Waals surface area contributed by atoms with E-state index in [0.29, 0.717) is 83.8 Å². The number of nitrogens with two attached hydrogens (primary N) is 2. The zero-order valence-electron chi connectivity index (χ0n) is 77.6. The Morgan fingerprint density at radius 2 is 0.575 bits per heavy atom. The Morgan fingerprint density at radius 1 is 0.343 bits per heavy atom. The normalized spacial score (nSPS) is 16.2. The Hall–Kier alpha value is -12.7. The van der Waals surface area contributed by atoms with E-state index in [2.05, 4.69) is 32.2 Å². The van der Waals surface area contributed by atoms with Crippen LogP contribution in [0.25, 0.3) is 20.9 Å². The number of methoxy groups -OCH3 is 6. The lowest BCUT2D eigenvalue weighted by Gasteiger charge is -2.38. The molecule has 0 radical (unpaired) electrons. The van der Waals surface area contributed by atoms with E-state index in [1.807, 2.05) is 224 Å². The average molecular weight is 1840 g/mol. The van der Waals surface area contributed by atoms with Crippen molar-refractivity contribution in [2.24, 2.45) is 21.7 Å². The molecule has 12 rings (SSSR count). The number of β-amino-alcohol motifs (C(OH)–C–C–N with tert-alkyl or cyclic N) is 3. The topological polar surface area (TPSA) is 426 Å². The third-order valence-electron chi connectivity index (χ3n) is 24.2. The summed E-state index contributed by atoms with van der Waals surface area (Å²) in [5, 5.41) is 45.6. The second-order valence-corrected chi connectivity index (χ2v) is 33.1. The highest BCUT2D eigenvalue weighted by Crippen LogP contribution is 2.47. The molecule has 716 valence electrons. The van der Waals surface area contributed by atoms with Crippen LogP contribution >= 0.6 is 0 Å². The van der Waals surface area contributed by atoms with Crippen LogP contribution in [0.1, 0.15) is 173 Å². The predicted molar refractivity (Wildman–Crippen MR) is 513 cm³/mol. The van der Waals surface area contributed by atoms with Crippen LogP contribution in [0.15, 0.2) is 247 Å². The quantitative estimate of drug-likeness (QED) is 0.00678. The minimum atomic E-state index is -1.11. The number of rotatable bonds is 48. The number of likely N-dealkylation sites (tertiary alicyclic amines) is 3. The van der Waals surface area contributed by atoms with Gasteiger partial charge in [0.1, 0.15) is 69.4 Å². The summed E-state index contributed by atoms with van der Waals surface area (Å²) in [4.78, 5) is 82.6. The van der Waals surface area contributed by atoms with Gasteiger partial charge in [0.25, 0.3) is 0 Å². The number of carboxylic acid groups (broad SMARTS) is 1. The van der Waals surface area contributed by atoms with Gasteiger partial charge in [-0.15, -0.1) is 0 Å². The number of hydrogen-bond acceptors (Lipinski definition) is 22. The van der Waals surface area contributed by atoms with Gasteiger partial charge in [-0.1, -0.05) is 206 Å². The summed E-state index contributed by atoms with van der Waals surface area (Å²) in [6, 6.07) is 76.3. The van der Waals surface area contributed by atoms with Gasteiger partial charge < -0.3 is 89.2 Å². The van der Waals surface area contributed by atoms with Gasteiger partial charge in [-0.2, -0.15) is 0 Å². The number of ether oxygens (including phenoxy) is 9. The smallest absolute Gasteiger partial charge is 0.309 e. The number of carbonyl (C=O) groups excluding carboxylic acids is 5. The standard InChI is InChI=1S/C35H42N4O6.C35H44N2O6.C32H40N2O5.C2H3N3O2.H2/c1-43-32-18-14-27(15-19-32)35(26-10-6-5-7-11-26,28-16-20-33(44-2)21-17-28)45-25-29-22-31(41)24-39(29)34(42)13-9-4-3-8-12-30(40)23-37-38-36;1-41-32-18-14-27(15-19-32)35(26-10-6-5-7-11-26,28-16-20-33(42-2)21-17-28)43-25-29-22-31(39)24-37(29)34(40)13-9-4-3-8-12-30(38)23-36;1-37-29-16-12-25(13-17-29)32(24-9-5-3-6-10-24,26-14-18-30(38-2)19-15-26)39-23-27-21-28(35)22-34(27)31(36)11-7-4-8-20-33;3-5-4-1-2(6)7;/h5-7,10-11,14-21,29,31,41H,3-4,8-9,12-13,22-25H2,1-2H3;5-7,10-11,14-21,29,31,39H,3-4,8-9,12-13,22-25,36H2,1-2H3;3,5-6,9-10,12-19,27-28,35H,4,7-8,11,20-23,33H2,1-2H3;1H2,(H,6,7);1H/t2*29-,31+;27-,28+;;/m000../s1. The molecule has 30 nitrogen and oxygen atoms in total. The van der Waals surface area contributed by atoms with Gasteiger partial charge in [0.15, 0.2) is 0 Å². The number of carbonyl (C=O) groups is 6. The van der Waals surface area contributed by atoms with E-state index in [4.69, 9.17) is 70.3 Å². The van der Waals surface area contributed by atoms with Crippen LogP contribution < -0.4 is 39.9 Å². The molecule has 3 saturated heterocycles. The largest absolute Gasteiger partial charge is 0.497 e. The summed E-state index contributed by atoms with van der Waals surface area (Å²) < 4.78 is 53.6. The van der Waals surface area contributed by atoms with Crippen molar-refractivity contribution in [3.8, 4) is 34.5 Å². The van der Waals surface area contributed by atoms with Crippen molar-refractivity contribution in [2.45, 2.75) is 175 Å². The molecule has 0 saturated carbocycles. The highest BCUT2D eigenvalue weighted by Gasteiger charge is 2.46. The molecule has 3 amide bonds. The average Bonchev–Trinajstić information content (AvgIpc) is 1.09. The molecule has 0 spiro atoms. The molecule has 0 bridgehead atoms. The lowest BCUT2D eigenvalue weighted by Crippen LogP contribution is -2.42. The number of aliphatic carboxylic acids is 1. The first-order valence-electron chi connectivity index (χ1n) is 45.7. The fourth-order valence-electron chi connectivity index (χ4n) is 17.3. The zero-order chi connectivity index (χ0) is 96.1. The second kappa shape index (κ2) is 55.1. The molecule has 3 aliphatic rings. The van der Waals surface area contributed by atoms with E-state index in [9.17, 15) is 44.1 Å². The van der Waals surface area contributed by atoms with Gasteiger partial charge in [-0.05, 0) is 198 Å². The molecule has 9 aromatic carbocycles. The molecule has 0 unspecified atom stereocenters. The van der Waals surface area contributed by atoms with Crippen molar-refractivity contribution in [3.63, 3.8) is 0 Å². The molecule has 30 heteroatoms. The van der Waals surface area contributed by atoms with Crippen LogP contribution in [0.4, 0.5) is 0 Å². The zero-order valence-corrected chi connectivity index (χ0v) is 77.6. The number of azide groups is 2. The SMILES string of the molecule is COc1ccc(C(OC[C@@H]2C[C@@H](O)CN2C(=O)CCCCCCC(=O)CN)(c2ccccc2)c2ccc(OC)cc2)cc1.COc1ccc(C(OC[C@@H]2C[C@@H](O)CN2C(=O)CCCCCCC(=O)CN=[N+]=[N-])(c2ccccc2)c2ccc(OC)cc2)cc1.COc1ccc(C(OC[C@@H]2C[C@@H](O)CN2C(=O)CCCCCN)(c2ccccc2)c2ccc(OC)cc2)cc1.[HH].[N-]=[N+]=NCC(=O)O. The van der Waals surface area contributed by atoms with Crippen molar-refractivity contribution >= 4 is 35.3 Å². The minimum Gasteiger partial charge on any atom is -0.497 e. The number of carboxylic acids is 1. The fourth-order valence-corrected chi connectivity index (χ4v) is 17.3. The molecule has 8 N–H and O–H groups in total. The van der Waals surface area contributed by atoms with Crippen LogP contribution in [0.5, 0.6) is 34.5 Å². The second-order valence-electron chi connectivity index (χ2n) is 33.1. The van der Waals surface area contributed by atoms with E-state index < -0.39 is 47.6 Å². The third-order valence-corrected chi connectivity index (χ3v) is 24.2. The number of aliphatic hydroxyl groups is 3. The number of ketones is 2. The molecular formula is C104H131N11O19. The Kier molecular flexibility index (Phi) is 43.2. The maximum atomic E-state index is 13.4. The first-order valence-corrected chi connectivity index (χ1v) is 45.7. The van der Waals surface area contributed by atoms with Crippen LogP contribution in [-0.2, 0) is 59.8 Å². The highest BCUT2D eigenvalue weighted by atomic mass is 16.5. The van der Waals surface area contributed by atoms with Crippen molar-refractivity contribution in [1.82, 2.24) is 14.7 Å². The molecule has 9 aromatic rings. The summed E-state index contributed by atoms with van der Waals surface area (Å²) in [5.74, 6) is 3.37. The molecule has 134 heavy (non-hydrogen) atoms. The number of benzene rings is 9. The number of nitrogens with zero attached hydrogens (tertiary/aromatic N) is 9. The summed E-state index contributed by atoms with van der Waals surface area (Å²) in [5.41, 5.74) is 32.1. The van der Waals surface area contributed by atoms with E-state index in [0.717, 1.165) is 142 Å². The maximum Gasteiger partial charge on any atom is 0.309 e. The first kappa shape index (κ1) is 105. The number of amides is 3. The fraction of sp³-hybridized carbons (Fsp3) is 0.423. The summed E-state index contributed by atoms with van der Waals surface area (Å²) in [6.45, 7) is 1.72. The van der Waals surface area contributed by atoms with Crippen LogP contribution in [0.3, 0.4) is 0 Å². The number of aliphatic hydroxyl groups excluding tert-OH is 3. The molecule has 3 heterocycles. The Labute approximate surface area is 786 Å². The van der Waals surface area contributed by atoms with Crippen molar-refractivity contribution < 1.29 is 93.3 Å². The van der Waals surface area contributed by atoms with Gasteiger partial charge >= 0.3 is 5.97 Å². The van der Waals surface area contributed by atoms with Crippen LogP contribution in [0, 0.1) is 0 Å². The lowest BCUT2D eigenvalue weighted by atomic mass is 9.80. The van der Waals surface area contributed by atoms with Gasteiger partial charge in [0.05, 0.1) is 112 Å². The van der Waals surface area contributed by atoms with E-state index in [-0.39, 0.29) is 88.3 Å². The molecule has 3 aliphatic heterocycles. The minimum absolute atomic E-state index is 0. The molecule has 0 aliphatic carbocycles. The summed E-state index contributed by atoms with van der Waals surface area (Å²) in [6.07, 6.45) is 10.5. The van der Waals surface area contributed by atoms with Gasteiger partial charge in [0, 0.05) is 63.0 Å². The molecular weight excluding hydrogens is 1710 g/mol. The van der Waals surface area contributed by atoms with Crippen LogP contribution in [-0.4, -0.2) is 215 Å². The highest BCUT2D eigenvalue weighted by molar-refractivity contribution is 5.81. The van der Waals surface area contributed by atoms with E-state index in [1.54, 1.807) is 57.4 Å². The molecule has 0 aromatic heterocycles. The first-order chi connectivity index (χ1) is 65.1. The number of hydrogen-bond donors (Lipinski definition) is 6. The lowest BCUT2D eigenvalue weighted by molar-refractivity contribution is -0.136. The number of unbranched alkanes of at least 4 members (excludes halogenated alkanes) is 8. The van der Waals surface area contributed by atoms with E-state index in [1.165, 1.54) is 0 Å². The van der Waals surface area contributed by atoms with Gasteiger partial charge in [-0.3, -0.25) is 28.8 Å². The van der Waals surface area contributed by atoms with E-state index >= 15 is 0 Å². The summed E-state index contributed by atoms with van der Waals surface area (Å²) >= 11 is 0. The third kappa shape index (κ3) is 29.6. The predicted octanol–water partition coefficient (Wildman–Crippen LogP) is 16.2. The Morgan fingerprint density at radius 3 is 0.799 bits per heavy atom. The maximum absolute atomic E-state index is 13.4. The van der Waals surface area contributed by atoms with Crippen molar-refractivity contribution in [3.05, 3.63) is 308 Å². The summed E-state index contributed by atoms with van der Waals surface area (Å²) in [7, 11) is 9.83. The van der Waals surface area contributed by atoms with Crippen molar-refractivity contribution in [2.75, 3.05) is 108 Å². The van der Waals surface area contributed by atoms with Gasteiger partial charge in [-0.25, -0.2) is 0 Å². The van der Waals surface area contributed by atoms with Crippen LogP contribution in [0.2, 0.25) is 0 Å². The number of Topliss-reactive ketones (excluding diaryl/α,β-unsaturated/α-hetero) is 2. The molecule has 3 fully saturated rings. The Bertz CT molecular complexity index is 5020. The monoisotopic (exact) mass is 1840 g/mol.